The lowest BCUT2D eigenvalue weighted by atomic mass is 9.96. The van der Waals surface area contributed by atoms with Gasteiger partial charge in [0.1, 0.15) is 0 Å². The lowest BCUT2D eigenvalue weighted by Gasteiger charge is -2.11. The molecule has 3 heteroatoms. The SMILES string of the molecule is CCC(CC)CCCCCCOCCOCCO. The van der Waals surface area contributed by atoms with Gasteiger partial charge in [-0.1, -0.05) is 52.4 Å². The third-order valence-corrected chi connectivity index (χ3v) is 3.41. The van der Waals surface area contributed by atoms with Gasteiger partial charge in [0.2, 0.25) is 0 Å². The number of ether oxygens (including phenoxy) is 2. The summed E-state index contributed by atoms with van der Waals surface area (Å²) in [6, 6.07) is 0. The topological polar surface area (TPSA) is 38.7 Å². The van der Waals surface area contributed by atoms with Crippen molar-refractivity contribution in [1.82, 2.24) is 0 Å². The highest BCUT2D eigenvalue weighted by atomic mass is 16.5. The Morgan fingerprint density at radius 1 is 0.778 bits per heavy atom. The van der Waals surface area contributed by atoms with Crippen LogP contribution < -0.4 is 0 Å². The molecule has 0 bridgehead atoms. The molecule has 0 amide bonds. The van der Waals surface area contributed by atoms with Crippen molar-refractivity contribution in [3.63, 3.8) is 0 Å². The lowest BCUT2D eigenvalue weighted by Crippen LogP contribution is -2.07. The number of hydrogen-bond acceptors (Lipinski definition) is 3. The Morgan fingerprint density at radius 2 is 1.39 bits per heavy atom. The zero-order valence-electron chi connectivity index (χ0n) is 12.3. The van der Waals surface area contributed by atoms with Crippen molar-refractivity contribution >= 4 is 0 Å². The third kappa shape index (κ3) is 12.3. The molecule has 0 aliphatic carbocycles. The van der Waals surface area contributed by atoms with Gasteiger partial charge in [-0.2, -0.15) is 0 Å². The van der Waals surface area contributed by atoms with Gasteiger partial charge in [0.25, 0.3) is 0 Å². The molecule has 0 aromatic carbocycles. The normalized spacial score (nSPS) is 11.3. The van der Waals surface area contributed by atoms with E-state index in [1.165, 1.54) is 38.5 Å². The van der Waals surface area contributed by atoms with Gasteiger partial charge in [-0.3, -0.25) is 0 Å². The Bertz CT molecular complexity index is 147. The van der Waals surface area contributed by atoms with Crippen LogP contribution in [0.3, 0.4) is 0 Å². The summed E-state index contributed by atoms with van der Waals surface area (Å²) >= 11 is 0. The molecular formula is C15H32O3. The Morgan fingerprint density at radius 3 is 2.00 bits per heavy atom. The number of hydrogen-bond donors (Lipinski definition) is 1. The van der Waals surface area contributed by atoms with Crippen molar-refractivity contribution in [3.8, 4) is 0 Å². The Balaban J connectivity index is 3.03. The molecular weight excluding hydrogens is 228 g/mol. The first kappa shape index (κ1) is 17.9. The van der Waals surface area contributed by atoms with E-state index in [2.05, 4.69) is 13.8 Å². The van der Waals surface area contributed by atoms with Crippen molar-refractivity contribution in [2.75, 3.05) is 33.0 Å². The predicted molar refractivity (Wildman–Crippen MR) is 75.9 cm³/mol. The standard InChI is InChI=1S/C15H32O3/c1-3-15(4-2)9-7-5-6-8-11-17-13-14-18-12-10-16/h15-16H,3-14H2,1-2H3. The average Bonchev–Trinajstić information content (AvgIpc) is 2.40. The molecule has 0 fully saturated rings. The van der Waals surface area contributed by atoms with Gasteiger partial charge in [0, 0.05) is 6.61 Å². The van der Waals surface area contributed by atoms with Crippen molar-refractivity contribution in [3.05, 3.63) is 0 Å². The summed E-state index contributed by atoms with van der Waals surface area (Å²) in [4.78, 5) is 0. The van der Waals surface area contributed by atoms with Crippen LogP contribution in [0, 0.1) is 5.92 Å². The molecule has 1 N–H and O–H groups in total. The van der Waals surface area contributed by atoms with Crippen LogP contribution in [0.4, 0.5) is 0 Å². The fourth-order valence-corrected chi connectivity index (χ4v) is 2.07. The highest BCUT2D eigenvalue weighted by Gasteiger charge is 2.02. The molecule has 0 aromatic heterocycles. The molecule has 3 nitrogen and oxygen atoms in total. The molecule has 0 aromatic rings. The number of unbranched alkanes of at least 4 members (excludes halogenated alkanes) is 3. The first-order valence-corrected chi connectivity index (χ1v) is 7.61. The van der Waals surface area contributed by atoms with Crippen LogP contribution in [0.5, 0.6) is 0 Å². The molecule has 0 radical (unpaired) electrons. The summed E-state index contributed by atoms with van der Waals surface area (Å²) < 4.78 is 10.5. The largest absolute Gasteiger partial charge is 0.394 e. The van der Waals surface area contributed by atoms with E-state index >= 15 is 0 Å². The zero-order chi connectivity index (χ0) is 13.5. The average molecular weight is 260 g/mol. The quantitative estimate of drug-likeness (QED) is 0.486. The highest BCUT2D eigenvalue weighted by molar-refractivity contribution is 4.55. The van der Waals surface area contributed by atoms with E-state index in [1.807, 2.05) is 0 Å². The Hall–Kier alpha value is -0.120. The smallest absolute Gasteiger partial charge is 0.0701 e. The maximum Gasteiger partial charge on any atom is 0.0701 e. The van der Waals surface area contributed by atoms with Crippen molar-refractivity contribution in [2.24, 2.45) is 5.92 Å². The summed E-state index contributed by atoms with van der Waals surface area (Å²) in [6.07, 6.45) is 9.18. The molecule has 0 unspecified atom stereocenters. The van der Waals surface area contributed by atoms with E-state index in [0.29, 0.717) is 19.8 Å². The molecule has 0 rings (SSSR count). The summed E-state index contributed by atoms with van der Waals surface area (Å²) in [5.41, 5.74) is 0. The minimum atomic E-state index is 0.0938. The third-order valence-electron chi connectivity index (χ3n) is 3.41. The molecule has 0 aliphatic heterocycles. The van der Waals surface area contributed by atoms with Crippen LogP contribution in [-0.2, 0) is 9.47 Å². The monoisotopic (exact) mass is 260 g/mol. The minimum absolute atomic E-state index is 0.0938. The van der Waals surface area contributed by atoms with Gasteiger partial charge in [-0.15, -0.1) is 0 Å². The number of aliphatic hydroxyl groups excluding tert-OH is 1. The molecule has 18 heavy (non-hydrogen) atoms. The van der Waals surface area contributed by atoms with Crippen molar-refractivity contribution in [2.45, 2.75) is 58.8 Å². The van der Waals surface area contributed by atoms with Crippen LogP contribution in [-0.4, -0.2) is 38.1 Å². The second kappa shape index (κ2) is 14.9. The molecule has 0 saturated heterocycles. The van der Waals surface area contributed by atoms with Gasteiger partial charge in [0.05, 0.1) is 26.4 Å². The van der Waals surface area contributed by atoms with Gasteiger partial charge >= 0.3 is 0 Å². The first-order valence-electron chi connectivity index (χ1n) is 7.61. The summed E-state index contributed by atoms with van der Waals surface area (Å²) in [5.74, 6) is 0.935. The predicted octanol–water partition coefficient (Wildman–Crippen LogP) is 3.40. The fourth-order valence-electron chi connectivity index (χ4n) is 2.07. The van der Waals surface area contributed by atoms with Gasteiger partial charge < -0.3 is 14.6 Å². The van der Waals surface area contributed by atoms with E-state index in [1.54, 1.807) is 0 Å². The lowest BCUT2D eigenvalue weighted by molar-refractivity contribution is 0.0320. The second-order valence-corrected chi connectivity index (χ2v) is 4.83. The van der Waals surface area contributed by atoms with E-state index in [-0.39, 0.29) is 6.61 Å². The van der Waals surface area contributed by atoms with E-state index < -0.39 is 0 Å². The maximum absolute atomic E-state index is 8.50. The minimum Gasteiger partial charge on any atom is -0.394 e. The number of aliphatic hydroxyl groups is 1. The van der Waals surface area contributed by atoms with Crippen molar-refractivity contribution < 1.29 is 14.6 Å². The first-order chi connectivity index (χ1) is 8.85. The van der Waals surface area contributed by atoms with Gasteiger partial charge in [-0.05, 0) is 12.3 Å². The van der Waals surface area contributed by atoms with E-state index in [0.717, 1.165) is 18.9 Å². The molecule has 0 aliphatic rings. The molecule has 0 spiro atoms. The van der Waals surface area contributed by atoms with Crippen LogP contribution >= 0.6 is 0 Å². The summed E-state index contributed by atoms with van der Waals surface area (Å²) in [7, 11) is 0. The maximum atomic E-state index is 8.50. The molecule has 110 valence electrons. The summed E-state index contributed by atoms with van der Waals surface area (Å²) in [6.45, 7) is 7.17. The molecule has 0 heterocycles. The molecule has 0 atom stereocenters. The van der Waals surface area contributed by atoms with Crippen LogP contribution in [0.15, 0.2) is 0 Å². The van der Waals surface area contributed by atoms with Crippen molar-refractivity contribution in [1.29, 1.82) is 0 Å². The van der Waals surface area contributed by atoms with Crippen LogP contribution in [0.2, 0.25) is 0 Å². The van der Waals surface area contributed by atoms with E-state index in [4.69, 9.17) is 14.6 Å². The number of rotatable bonds is 14. The molecule has 0 saturated carbocycles. The Kier molecular flexibility index (Phi) is 14.8. The van der Waals surface area contributed by atoms with Gasteiger partial charge in [0.15, 0.2) is 0 Å². The summed E-state index contributed by atoms with van der Waals surface area (Å²) in [5, 5.41) is 8.50. The second-order valence-electron chi connectivity index (χ2n) is 4.83. The van der Waals surface area contributed by atoms with Crippen LogP contribution in [0.1, 0.15) is 58.8 Å². The fraction of sp³-hybridized carbons (Fsp3) is 1.00. The highest BCUT2D eigenvalue weighted by Crippen LogP contribution is 2.16. The Labute approximate surface area is 113 Å². The zero-order valence-corrected chi connectivity index (χ0v) is 12.3. The van der Waals surface area contributed by atoms with Gasteiger partial charge in [-0.25, -0.2) is 0 Å². The van der Waals surface area contributed by atoms with E-state index in [9.17, 15) is 0 Å². The van der Waals surface area contributed by atoms with Crippen LogP contribution in [0.25, 0.3) is 0 Å².